The van der Waals surface area contributed by atoms with E-state index in [0.717, 1.165) is 70.6 Å². The molecule has 0 aliphatic carbocycles. The van der Waals surface area contributed by atoms with Gasteiger partial charge in [0.1, 0.15) is 13.2 Å². The van der Waals surface area contributed by atoms with Gasteiger partial charge in [0.05, 0.1) is 39.9 Å². The first kappa shape index (κ1) is 55.2. The van der Waals surface area contributed by atoms with Crippen LogP contribution in [0.25, 0.3) is 0 Å². The minimum absolute atomic E-state index is 0.00945. The molecule has 57 heavy (non-hydrogen) atoms. The van der Waals surface area contributed by atoms with Gasteiger partial charge in [-0.25, -0.2) is 0 Å². The largest absolute Gasteiger partial charge is 0.756 e. The number of aliphatic hydroxyl groups excluding tert-OH is 1. The van der Waals surface area contributed by atoms with Crippen LogP contribution < -0.4 is 10.2 Å². The summed E-state index contributed by atoms with van der Waals surface area (Å²) in [5.74, 6) is -0.175. The summed E-state index contributed by atoms with van der Waals surface area (Å²) in [5, 5.41) is 13.7. The van der Waals surface area contributed by atoms with Gasteiger partial charge in [0.2, 0.25) is 5.91 Å². The fourth-order valence-electron chi connectivity index (χ4n) is 6.36. The highest BCUT2D eigenvalue weighted by Crippen LogP contribution is 2.38. The van der Waals surface area contributed by atoms with E-state index in [1.807, 2.05) is 21.1 Å². The minimum atomic E-state index is -4.55. The van der Waals surface area contributed by atoms with E-state index in [1.165, 1.54) is 89.9 Å². The van der Waals surface area contributed by atoms with E-state index in [1.54, 1.807) is 0 Å². The van der Waals surface area contributed by atoms with Gasteiger partial charge in [-0.2, -0.15) is 0 Å². The van der Waals surface area contributed by atoms with Crippen LogP contribution in [0.4, 0.5) is 0 Å². The fourth-order valence-corrected chi connectivity index (χ4v) is 7.08. The van der Waals surface area contributed by atoms with Crippen LogP contribution in [0.5, 0.6) is 0 Å². The Kier molecular flexibility index (Phi) is 38.4. The van der Waals surface area contributed by atoms with Crippen molar-refractivity contribution in [3.63, 3.8) is 0 Å². The third kappa shape index (κ3) is 42.1. The average Bonchev–Trinajstić information content (AvgIpc) is 3.16. The van der Waals surface area contributed by atoms with Crippen molar-refractivity contribution in [2.75, 3.05) is 40.9 Å². The molecule has 0 aromatic carbocycles. The molecule has 0 aliphatic heterocycles. The number of likely N-dealkylation sites (N-methyl/N-ethyl adjacent to an activating group) is 1. The summed E-state index contributed by atoms with van der Waals surface area (Å²) >= 11 is 0. The maximum atomic E-state index is 12.8. The number of allylic oxidation sites excluding steroid dienone is 10. The third-order valence-electron chi connectivity index (χ3n) is 10.0. The van der Waals surface area contributed by atoms with E-state index in [0.29, 0.717) is 23.9 Å². The Bertz CT molecular complexity index is 1110. The molecule has 0 aliphatic rings. The first-order chi connectivity index (χ1) is 27.5. The smallest absolute Gasteiger partial charge is 0.268 e. The van der Waals surface area contributed by atoms with Crippen LogP contribution in [0.3, 0.4) is 0 Å². The van der Waals surface area contributed by atoms with Gasteiger partial charge in [0.25, 0.3) is 7.82 Å². The number of hydrogen-bond donors (Lipinski definition) is 2. The zero-order chi connectivity index (χ0) is 42.1. The number of hydrogen-bond acceptors (Lipinski definition) is 6. The number of carbonyl (C=O) groups is 1. The van der Waals surface area contributed by atoms with Gasteiger partial charge < -0.3 is 28.8 Å². The summed E-state index contributed by atoms with van der Waals surface area (Å²) in [7, 11) is 1.29. The zero-order valence-electron chi connectivity index (χ0n) is 37.5. The maximum Gasteiger partial charge on any atom is 0.268 e. The van der Waals surface area contributed by atoms with Crippen molar-refractivity contribution in [2.45, 2.75) is 199 Å². The molecule has 2 N–H and O–H groups in total. The van der Waals surface area contributed by atoms with Crippen LogP contribution >= 0.6 is 7.82 Å². The molecule has 0 radical (unpaired) electrons. The Labute approximate surface area is 351 Å². The monoisotopic (exact) mass is 821 g/mol. The molecule has 0 saturated carbocycles. The lowest BCUT2D eigenvalue weighted by atomic mass is 10.0. The normalized spacial score (nSPS) is 14.9. The van der Waals surface area contributed by atoms with Crippen molar-refractivity contribution < 1.29 is 32.9 Å². The highest BCUT2D eigenvalue weighted by Gasteiger charge is 2.24. The first-order valence-electron chi connectivity index (χ1n) is 23.1. The number of unbranched alkanes of at least 4 members (excludes halogenated alkanes) is 18. The second kappa shape index (κ2) is 39.6. The summed E-state index contributed by atoms with van der Waals surface area (Å²) in [6, 6.07) is -0.799. The summed E-state index contributed by atoms with van der Waals surface area (Å²) in [6.07, 6.45) is 51.3. The first-order valence-corrected chi connectivity index (χ1v) is 24.6. The Balaban J connectivity index is 3.99. The van der Waals surface area contributed by atoms with Crippen LogP contribution in [0, 0.1) is 0 Å². The summed E-state index contributed by atoms with van der Waals surface area (Å²) in [6.45, 7) is 4.52. The van der Waals surface area contributed by atoms with Gasteiger partial charge in [0.15, 0.2) is 0 Å². The number of quaternary nitrogens is 1. The van der Waals surface area contributed by atoms with Crippen LogP contribution in [0.2, 0.25) is 0 Å². The van der Waals surface area contributed by atoms with Gasteiger partial charge in [-0.05, 0) is 57.8 Å². The lowest BCUT2D eigenvalue weighted by Crippen LogP contribution is -2.46. The number of nitrogens with zero attached hydrogens (tertiary/aromatic N) is 1. The lowest BCUT2D eigenvalue weighted by Gasteiger charge is -2.30. The van der Waals surface area contributed by atoms with Crippen molar-refractivity contribution >= 4 is 13.7 Å². The molecule has 1 amide bonds. The lowest BCUT2D eigenvalue weighted by molar-refractivity contribution is -0.870. The summed E-state index contributed by atoms with van der Waals surface area (Å²) in [5.41, 5.74) is 0. The predicted molar refractivity (Wildman–Crippen MR) is 242 cm³/mol. The number of carbonyl (C=O) groups excluding carboxylic acids is 1. The molecule has 0 aromatic rings. The average molecular weight is 821 g/mol. The number of amides is 1. The molecule has 332 valence electrons. The van der Waals surface area contributed by atoms with E-state index in [-0.39, 0.29) is 19.1 Å². The fraction of sp³-hybridized carbons (Fsp3) is 0.771. The minimum Gasteiger partial charge on any atom is -0.756 e. The SMILES string of the molecule is CC/C=C\C/C=C\C/C=C\C/C=C\C/C=C\CCCCCCCCCCCCCCCC(=O)NC(COP(=O)([O-])OCC[N+](C)(C)C)C(O)CCCCCCCC. The van der Waals surface area contributed by atoms with Gasteiger partial charge >= 0.3 is 0 Å². The molecule has 3 unspecified atom stereocenters. The number of rotatable bonds is 41. The summed E-state index contributed by atoms with van der Waals surface area (Å²) in [4.78, 5) is 25.2. The van der Waals surface area contributed by atoms with E-state index >= 15 is 0 Å². The molecule has 8 nitrogen and oxygen atoms in total. The molecule has 0 saturated heterocycles. The molecule has 0 heterocycles. The number of nitrogens with one attached hydrogen (secondary N) is 1. The zero-order valence-corrected chi connectivity index (χ0v) is 38.4. The van der Waals surface area contributed by atoms with Gasteiger partial charge in [-0.1, -0.05) is 184 Å². The van der Waals surface area contributed by atoms with Crippen molar-refractivity contribution in [2.24, 2.45) is 0 Å². The van der Waals surface area contributed by atoms with Gasteiger partial charge in [0, 0.05) is 6.42 Å². The molecule has 0 rings (SSSR count). The number of aliphatic hydroxyl groups is 1. The van der Waals surface area contributed by atoms with Crippen LogP contribution in [0.1, 0.15) is 187 Å². The molecule has 0 spiro atoms. The molecule has 0 fully saturated rings. The molecular formula is C48H89N2O6P. The Morgan fingerprint density at radius 3 is 1.56 bits per heavy atom. The van der Waals surface area contributed by atoms with Crippen molar-refractivity contribution in [1.82, 2.24) is 5.32 Å². The second-order valence-electron chi connectivity index (χ2n) is 16.7. The highest BCUT2D eigenvalue weighted by atomic mass is 31.2. The van der Waals surface area contributed by atoms with E-state index in [9.17, 15) is 19.4 Å². The maximum absolute atomic E-state index is 12.8. The predicted octanol–water partition coefficient (Wildman–Crippen LogP) is 12.4. The van der Waals surface area contributed by atoms with Gasteiger partial charge in [-0.15, -0.1) is 0 Å². The quantitative estimate of drug-likeness (QED) is 0.0275. The van der Waals surface area contributed by atoms with Crippen LogP contribution in [-0.4, -0.2) is 68.5 Å². The topological polar surface area (TPSA) is 108 Å². The van der Waals surface area contributed by atoms with E-state index in [2.05, 4.69) is 79.9 Å². The Hall–Kier alpha value is -1.80. The van der Waals surface area contributed by atoms with E-state index in [4.69, 9.17) is 9.05 Å². The Morgan fingerprint density at radius 1 is 0.632 bits per heavy atom. The van der Waals surface area contributed by atoms with Crippen molar-refractivity contribution in [3.8, 4) is 0 Å². The van der Waals surface area contributed by atoms with E-state index < -0.39 is 20.0 Å². The van der Waals surface area contributed by atoms with Crippen LogP contribution in [-0.2, 0) is 18.4 Å². The third-order valence-corrected chi connectivity index (χ3v) is 11.0. The summed E-state index contributed by atoms with van der Waals surface area (Å²) < 4.78 is 23.1. The van der Waals surface area contributed by atoms with Crippen molar-refractivity contribution in [3.05, 3.63) is 60.8 Å². The number of phosphoric acid groups is 1. The Morgan fingerprint density at radius 2 is 1.07 bits per heavy atom. The highest BCUT2D eigenvalue weighted by molar-refractivity contribution is 7.45. The second-order valence-corrected chi connectivity index (χ2v) is 18.1. The van der Waals surface area contributed by atoms with Crippen molar-refractivity contribution in [1.29, 1.82) is 0 Å². The molecule has 0 aromatic heterocycles. The van der Waals surface area contributed by atoms with Crippen LogP contribution in [0.15, 0.2) is 60.8 Å². The molecule has 0 bridgehead atoms. The van der Waals surface area contributed by atoms with Gasteiger partial charge in [-0.3, -0.25) is 9.36 Å². The number of phosphoric ester groups is 1. The molecule has 9 heteroatoms. The molecule has 3 atom stereocenters. The molecular weight excluding hydrogens is 732 g/mol. The standard InChI is InChI=1S/C48H89N2O6P/c1-6-8-10-12-14-15-16-17-18-19-20-21-22-23-24-25-26-27-28-29-30-31-32-33-34-35-36-38-40-42-48(52)49-46(47(51)41-39-37-13-11-9-7-2)45-56-57(53,54)55-44-43-50(3,4)5/h8,10,14-15,17-18,20-21,23-24,46-47,51H,6-7,9,11-13,16,19,22,25-45H2,1-5H3,(H-,49,52,53,54)/b10-8-,15-14-,18-17-,21-20-,24-23-.